The van der Waals surface area contributed by atoms with Crippen LogP contribution in [0, 0.1) is 0 Å². The first kappa shape index (κ1) is 8.91. The number of likely N-dealkylation sites (N-methyl/N-ethyl adjacent to an activating group) is 1. The van der Waals surface area contributed by atoms with Gasteiger partial charge in [-0.05, 0) is 29.5 Å². The minimum Gasteiger partial charge on any atom is -0.301 e. The van der Waals surface area contributed by atoms with Crippen molar-refractivity contribution in [3.8, 4) is 0 Å². The average molecular weight is 195 g/mol. The molecule has 0 aromatic carbocycles. The summed E-state index contributed by atoms with van der Waals surface area (Å²) in [5.41, 5.74) is 2.63. The third-order valence-electron chi connectivity index (χ3n) is 2.61. The van der Waals surface area contributed by atoms with E-state index in [1.807, 2.05) is 0 Å². The number of thiophene rings is 1. The average Bonchev–Trinajstić information content (AvgIpc) is 2.47. The molecule has 0 radical (unpaired) electrons. The lowest BCUT2D eigenvalue weighted by Gasteiger charge is -2.28. The maximum atomic E-state index is 10.7. The fraction of sp³-hybridized carbons (Fsp3) is 0.500. The molecule has 0 aliphatic carbocycles. The van der Waals surface area contributed by atoms with Crippen molar-refractivity contribution in [1.82, 2.24) is 4.90 Å². The van der Waals surface area contributed by atoms with Crippen molar-refractivity contribution >= 4 is 17.6 Å². The number of hydrogen-bond donors (Lipinski definition) is 0. The number of rotatable bonds is 1. The first-order valence-corrected chi connectivity index (χ1v) is 5.34. The molecule has 1 aromatic heterocycles. The Labute approximate surface area is 82.2 Å². The summed E-state index contributed by atoms with van der Waals surface area (Å²) >= 11 is 1.58. The van der Waals surface area contributed by atoms with Gasteiger partial charge in [-0.3, -0.25) is 4.79 Å². The second-order valence-corrected chi connectivity index (χ2v) is 4.66. The van der Waals surface area contributed by atoms with E-state index in [2.05, 4.69) is 24.3 Å². The van der Waals surface area contributed by atoms with Crippen molar-refractivity contribution in [2.45, 2.75) is 19.4 Å². The number of carbonyl (C=O) groups is 1. The Hall–Kier alpha value is -0.670. The molecule has 2 heterocycles. The molecule has 0 saturated carbocycles. The van der Waals surface area contributed by atoms with Crippen LogP contribution in [0.1, 0.15) is 33.6 Å². The van der Waals surface area contributed by atoms with Crippen LogP contribution >= 0.6 is 11.3 Å². The van der Waals surface area contributed by atoms with Gasteiger partial charge in [-0.2, -0.15) is 0 Å². The van der Waals surface area contributed by atoms with Gasteiger partial charge in [-0.25, -0.2) is 0 Å². The largest absolute Gasteiger partial charge is 0.301 e. The molecule has 0 bridgehead atoms. The molecule has 1 aromatic rings. The monoisotopic (exact) mass is 195 g/mol. The van der Waals surface area contributed by atoms with Gasteiger partial charge in [-0.1, -0.05) is 6.92 Å². The molecule has 70 valence electrons. The lowest BCUT2D eigenvalue weighted by atomic mass is 9.94. The summed E-state index contributed by atoms with van der Waals surface area (Å²) in [6.07, 6.45) is 0.982. The van der Waals surface area contributed by atoms with Crippen LogP contribution in [0.25, 0.3) is 0 Å². The van der Waals surface area contributed by atoms with Crippen LogP contribution in [-0.4, -0.2) is 24.8 Å². The number of aldehydes is 1. The molecule has 0 fully saturated rings. The Balaban J connectivity index is 2.45. The first-order valence-electron chi connectivity index (χ1n) is 4.46. The van der Waals surface area contributed by atoms with Crippen molar-refractivity contribution in [1.29, 1.82) is 0 Å². The molecule has 0 amide bonds. The zero-order valence-electron chi connectivity index (χ0n) is 7.91. The molecule has 1 aliphatic heterocycles. The van der Waals surface area contributed by atoms with Gasteiger partial charge >= 0.3 is 0 Å². The smallest absolute Gasteiger partial charge is 0.160 e. The van der Waals surface area contributed by atoms with Crippen LogP contribution in [-0.2, 0) is 6.54 Å². The lowest BCUT2D eigenvalue weighted by Crippen LogP contribution is -2.28. The Morgan fingerprint density at radius 2 is 2.46 bits per heavy atom. The lowest BCUT2D eigenvalue weighted by molar-refractivity contribution is 0.112. The summed E-state index contributed by atoms with van der Waals surface area (Å²) in [5, 5.41) is 2.14. The van der Waals surface area contributed by atoms with E-state index < -0.39 is 0 Å². The highest BCUT2D eigenvalue weighted by Crippen LogP contribution is 2.32. The second-order valence-electron chi connectivity index (χ2n) is 3.75. The van der Waals surface area contributed by atoms with Gasteiger partial charge in [0, 0.05) is 13.1 Å². The fourth-order valence-electron chi connectivity index (χ4n) is 1.99. The van der Waals surface area contributed by atoms with E-state index in [-0.39, 0.29) is 0 Å². The van der Waals surface area contributed by atoms with E-state index in [9.17, 15) is 4.79 Å². The van der Waals surface area contributed by atoms with Crippen LogP contribution in [0.15, 0.2) is 5.38 Å². The minimum atomic E-state index is 0.568. The molecule has 2 rings (SSSR count). The molecule has 2 nitrogen and oxygen atoms in total. The Morgan fingerprint density at radius 3 is 3.15 bits per heavy atom. The Bertz CT molecular complexity index is 332. The van der Waals surface area contributed by atoms with E-state index >= 15 is 0 Å². The van der Waals surface area contributed by atoms with Crippen LogP contribution < -0.4 is 0 Å². The van der Waals surface area contributed by atoms with E-state index in [1.165, 1.54) is 11.1 Å². The molecule has 1 atom stereocenters. The van der Waals surface area contributed by atoms with Crippen molar-refractivity contribution < 1.29 is 4.79 Å². The molecular formula is C10H13NOS. The summed E-state index contributed by atoms with van der Waals surface area (Å²) in [5.74, 6) is 0.568. The van der Waals surface area contributed by atoms with E-state index in [4.69, 9.17) is 0 Å². The van der Waals surface area contributed by atoms with Gasteiger partial charge in [0.25, 0.3) is 0 Å². The maximum absolute atomic E-state index is 10.7. The highest BCUT2D eigenvalue weighted by Gasteiger charge is 2.23. The first-order chi connectivity index (χ1) is 6.22. The number of nitrogens with zero attached hydrogens (tertiary/aromatic N) is 1. The van der Waals surface area contributed by atoms with Gasteiger partial charge < -0.3 is 4.90 Å². The maximum Gasteiger partial charge on any atom is 0.160 e. The molecular weight excluding hydrogens is 182 g/mol. The highest BCUT2D eigenvalue weighted by atomic mass is 32.1. The minimum absolute atomic E-state index is 0.568. The van der Waals surface area contributed by atoms with Crippen LogP contribution in [0.3, 0.4) is 0 Å². The van der Waals surface area contributed by atoms with E-state index in [0.717, 1.165) is 24.3 Å². The topological polar surface area (TPSA) is 20.3 Å². The summed E-state index contributed by atoms with van der Waals surface area (Å²) in [4.78, 5) is 13.9. The Morgan fingerprint density at radius 1 is 1.69 bits per heavy atom. The third-order valence-corrected chi connectivity index (χ3v) is 3.58. The van der Waals surface area contributed by atoms with Crippen LogP contribution in [0.2, 0.25) is 0 Å². The Kier molecular flexibility index (Phi) is 2.22. The van der Waals surface area contributed by atoms with Gasteiger partial charge in [0.15, 0.2) is 6.29 Å². The predicted molar refractivity (Wildman–Crippen MR) is 54.5 cm³/mol. The summed E-state index contributed by atoms with van der Waals surface area (Å²) in [7, 11) is 2.10. The van der Waals surface area contributed by atoms with E-state index in [0.29, 0.717) is 5.92 Å². The normalized spacial score (nSPS) is 22.8. The predicted octanol–water partition coefficient (Wildman–Crippen LogP) is 2.11. The molecule has 1 aliphatic rings. The summed E-state index contributed by atoms with van der Waals surface area (Å²) < 4.78 is 0. The zero-order chi connectivity index (χ0) is 9.42. The third kappa shape index (κ3) is 1.42. The molecule has 0 spiro atoms. The van der Waals surface area contributed by atoms with Crippen molar-refractivity contribution in [3.63, 3.8) is 0 Å². The molecule has 0 saturated heterocycles. The standard InChI is InChI=1S/C10H13NOS/c1-7-3-11(2)4-8-9(7)6-13-10(8)5-12/h5-7H,3-4H2,1-2H3. The van der Waals surface area contributed by atoms with Crippen molar-refractivity contribution in [3.05, 3.63) is 21.4 Å². The van der Waals surface area contributed by atoms with Gasteiger partial charge in [-0.15, -0.1) is 11.3 Å². The van der Waals surface area contributed by atoms with Crippen LogP contribution in [0.4, 0.5) is 0 Å². The van der Waals surface area contributed by atoms with Gasteiger partial charge in [0.1, 0.15) is 0 Å². The highest BCUT2D eigenvalue weighted by molar-refractivity contribution is 7.12. The van der Waals surface area contributed by atoms with Crippen molar-refractivity contribution in [2.24, 2.45) is 0 Å². The van der Waals surface area contributed by atoms with Crippen LogP contribution in [0.5, 0.6) is 0 Å². The van der Waals surface area contributed by atoms with Gasteiger partial charge in [0.05, 0.1) is 4.88 Å². The number of fused-ring (bicyclic) bond motifs is 1. The SMILES string of the molecule is CC1CN(C)Cc2c1csc2C=O. The zero-order valence-corrected chi connectivity index (χ0v) is 8.73. The molecule has 3 heteroatoms. The molecule has 1 unspecified atom stereocenters. The fourth-order valence-corrected chi connectivity index (χ4v) is 3.00. The number of carbonyl (C=O) groups excluding carboxylic acids is 1. The summed E-state index contributed by atoms with van der Waals surface area (Å²) in [6, 6.07) is 0. The number of hydrogen-bond acceptors (Lipinski definition) is 3. The van der Waals surface area contributed by atoms with Crippen molar-refractivity contribution in [2.75, 3.05) is 13.6 Å². The second kappa shape index (κ2) is 3.24. The summed E-state index contributed by atoms with van der Waals surface area (Å²) in [6.45, 7) is 4.25. The molecule has 0 N–H and O–H groups in total. The van der Waals surface area contributed by atoms with E-state index in [1.54, 1.807) is 11.3 Å². The molecule has 13 heavy (non-hydrogen) atoms. The quantitative estimate of drug-likeness (QED) is 0.640. The van der Waals surface area contributed by atoms with Gasteiger partial charge in [0.2, 0.25) is 0 Å².